The van der Waals surface area contributed by atoms with Crippen molar-refractivity contribution in [2.24, 2.45) is 5.10 Å². The summed E-state index contributed by atoms with van der Waals surface area (Å²) in [4.78, 5) is 23.8. The molecule has 0 radical (unpaired) electrons. The smallest absolute Gasteiger partial charge is 0.249 e. The molecule has 0 saturated carbocycles. The van der Waals surface area contributed by atoms with Crippen LogP contribution in [0.3, 0.4) is 0 Å². The number of ether oxygens (including phenoxy) is 2. The number of nitrogens with zero attached hydrogens (tertiary/aromatic N) is 1. The molecule has 30 heavy (non-hydrogen) atoms. The van der Waals surface area contributed by atoms with Gasteiger partial charge in [0.2, 0.25) is 11.8 Å². The van der Waals surface area contributed by atoms with E-state index in [-0.39, 0.29) is 16.7 Å². The van der Waals surface area contributed by atoms with Crippen LogP contribution in [0.1, 0.15) is 12.0 Å². The number of methoxy groups -OCH3 is 1. The van der Waals surface area contributed by atoms with Gasteiger partial charge in [-0.1, -0.05) is 40.7 Å². The Bertz CT molecular complexity index is 1020. The minimum Gasteiger partial charge on any atom is -0.493 e. The Kier molecular flexibility index (Phi) is 8.81. The number of hydrogen-bond donors (Lipinski definition) is 2. The first-order valence-corrected chi connectivity index (χ1v) is 9.48. The molecule has 2 rings (SSSR count). The van der Waals surface area contributed by atoms with Crippen LogP contribution in [0, 0.1) is 12.3 Å². The summed E-state index contributed by atoms with van der Waals surface area (Å²) in [5.41, 5.74) is 3.20. The molecule has 2 aromatic carbocycles. The fraction of sp³-hybridized carbons (Fsp3) is 0.150. The SMILES string of the molecule is C#CCOc1c(Cl)cc(C=NNC(=O)CC(=O)Nc2ccc(Cl)c(Cl)c2)cc1OC. The third kappa shape index (κ3) is 6.85. The van der Waals surface area contributed by atoms with Crippen LogP contribution in [0.25, 0.3) is 0 Å². The maximum Gasteiger partial charge on any atom is 0.249 e. The summed E-state index contributed by atoms with van der Waals surface area (Å²) in [6.45, 7) is 0.0316. The normalized spacial score (nSPS) is 10.4. The highest BCUT2D eigenvalue weighted by Gasteiger charge is 2.12. The molecule has 0 aliphatic heterocycles. The van der Waals surface area contributed by atoms with Crippen LogP contribution in [0.2, 0.25) is 15.1 Å². The number of rotatable bonds is 8. The second kappa shape index (κ2) is 11.3. The minimum absolute atomic E-state index is 0.0316. The first-order valence-electron chi connectivity index (χ1n) is 8.34. The van der Waals surface area contributed by atoms with Crippen molar-refractivity contribution < 1.29 is 19.1 Å². The standard InChI is InChI=1S/C20H16Cl3N3O4/c1-3-6-30-20-16(23)7-12(8-17(20)29-2)11-24-26-19(28)10-18(27)25-13-4-5-14(21)15(22)9-13/h1,4-5,7-9,11H,6,10H2,2H3,(H,25,27)(H,26,28). The van der Waals surface area contributed by atoms with Crippen molar-refractivity contribution in [2.45, 2.75) is 6.42 Å². The molecule has 0 spiro atoms. The zero-order valence-corrected chi connectivity index (χ0v) is 17.9. The molecular weight excluding hydrogens is 453 g/mol. The summed E-state index contributed by atoms with van der Waals surface area (Å²) in [6.07, 6.45) is 6.07. The van der Waals surface area contributed by atoms with Crippen molar-refractivity contribution in [3.05, 3.63) is 51.0 Å². The van der Waals surface area contributed by atoms with E-state index >= 15 is 0 Å². The highest BCUT2D eigenvalue weighted by molar-refractivity contribution is 6.42. The van der Waals surface area contributed by atoms with Crippen molar-refractivity contribution in [2.75, 3.05) is 19.0 Å². The van der Waals surface area contributed by atoms with Gasteiger partial charge in [-0.15, -0.1) is 6.42 Å². The fourth-order valence-corrected chi connectivity index (χ4v) is 2.78. The summed E-state index contributed by atoms with van der Waals surface area (Å²) in [7, 11) is 1.45. The van der Waals surface area contributed by atoms with Crippen LogP contribution >= 0.6 is 34.8 Å². The van der Waals surface area contributed by atoms with Gasteiger partial charge in [0.15, 0.2) is 11.5 Å². The predicted molar refractivity (Wildman–Crippen MR) is 118 cm³/mol. The maximum absolute atomic E-state index is 11.9. The number of anilines is 1. The van der Waals surface area contributed by atoms with Gasteiger partial charge in [-0.3, -0.25) is 9.59 Å². The molecule has 0 unspecified atom stereocenters. The summed E-state index contributed by atoms with van der Waals surface area (Å²) in [5.74, 6) is 1.84. The van der Waals surface area contributed by atoms with Gasteiger partial charge < -0.3 is 14.8 Å². The number of carbonyl (C=O) groups excluding carboxylic acids is 2. The van der Waals surface area contributed by atoms with Gasteiger partial charge in [0.1, 0.15) is 13.0 Å². The Morgan fingerprint density at radius 1 is 1.13 bits per heavy atom. The van der Waals surface area contributed by atoms with Gasteiger partial charge in [0.25, 0.3) is 0 Å². The average molecular weight is 469 g/mol. The van der Waals surface area contributed by atoms with Crippen LogP contribution in [0.4, 0.5) is 5.69 Å². The van der Waals surface area contributed by atoms with E-state index in [0.29, 0.717) is 27.8 Å². The Balaban J connectivity index is 1.93. The van der Waals surface area contributed by atoms with E-state index in [1.807, 2.05) is 0 Å². The van der Waals surface area contributed by atoms with Crippen molar-refractivity contribution in [1.29, 1.82) is 0 Å². The molecule has 2 N–H and O–H groups in total. The number of hydrazone groups is 1. The van der Waals surface area contributed by atoms with Crippen molar-refractivity contribution >= 4 is 58.5 Å². The van der Waals surface area contributed by atoms with Gasteiger partial charge in [0.05, 0.1) is 28.4 Å². The second-order valence-electron chi connectivity index (χ2n) is 5.67. The molecule has 0 saturated heterocycles. The largest absolute Gasteiger partial charge is 0.493 e. The molecule has 0 fully saturated rings. The van der Waals surface area contributed by atoms with E-state index in [0.717, 1.165) is 0 Å². The molecule has 10 heteroatoms. The minimum atomic E-state index is -0.615. The van der Waals surface area contributed by atoms with E-state index in [1.165, 1.54) is 25.5 Å². The molecular formula is C20H16Cl3N3O4. The third-order valence-electron chi connectivity index (χ3n) is 3.48. The Labute approximate surface area is 188 Å². The number of terminal acetylenes is 1. The number of halogens is 3. The number of nitrogens with one attached hydrogen (secondary N) is 2. The lowest BCUT2D eigenvalue weighted by Gasteiger charge is -2.11. The molecule has 0 heterocycles. The summed E-state index contributed by atoms with van der Waals surface area (Å²) in [5, 5.41) is 7.25. The molecule has 0 atom stereocenters. The molecule has 156 valence electrons. The lowest BCUT2D eigenvalue weighted by Crippen LogP contribution is -2.24. The number of benzene rings is 2. The summed E-state index contributed by atoms with van der Waals surface area (Å²) >= 11 is 17.9. The van der Waals surface area contributed by atoms with Gasteiger partial charge >= 0.3 is 0 Å². The van der Waals surface area contributed by atoms with Crippen molar-refractivity contribution in [3.63, 3.8) is 0 Å². The second-order valence-corrected chi connectivity index (χ2v) is 6.90. The zero-order chi connectivity index (χ0) is 22.1. The topological polar surface area (TPSA) is 89.0 Å². The Hall–Kier alpha value is -2.92. The van der Waals surface area contributed by atoms with Gasteiger partial charge in [0, 0.05) is 5.69 Å². The maximum atomic E-state index is 11.9. The average Bonchev–Trinajstić information content (AvgIpc) is 2.69. The molecule has 0 aliphatic carbocycles. The number of amides is 2. The van der Waals surface area contributed by atoms with Crippen LogP contribution < -0.4 is 20.2 Å². The Morgan fingerprint density at radius 3 is 2.57 bits per heavy atom. The Morgan fingerprint density at radius 2 is 1.90 bits per heavy atom. The molecule has 0 aliphatic rings. The molecule has 7 nitrogen and oxygen atoms in total. The molecule has 2 amide bonds. The van der Waals surface area contributed by atoms with Crippen LogP contribution in [-0.4, -0.2) is 31.7 Å². The van der Waals surface area contributed by atoms with Crippen molar-refractivity contribution in [3.8, 4) is 23.8 Å². The van der Waals surface area contributed by atoms with Crippen LogP contribution in [0.5, 0.6) is 11.5 Å². The number of hydrogen-bond acceptors (Lipinski definition) is 5. The van der Waals surface area contributed by atoms with Crippen LogP contribution in [0.15, 0.2) is 35.4 Å². The predicted octanol–water partition coefficient (Wildman–Crippen LogP) is 4.15. The van der Waals surface area contributed by atoms with Gasteiger partial charge in [-0.2, -0.15) is 5.10 Å². The first kappa shape index (κ1) is 23.4. The quantitative estimate of drug-likeness (QED) is 0.264. The van der Waals surface area contributed by atoms with E-state index in [9.17, 15) is 9.59 Å². The number of carbonyl (C=O) groups is 2. The zero-order valence-electron chi connectivity index (χ0n) is 15.7. The van der Waals surface area contributed by atoms with E-state index in [4.69, 9.17) is 50.7 Å². The van der Waals surface area contributed by atoms with E-state index in [1.54, 1.807) is 18.2 Å². The lowest BCUT2D eigenvalue weighted by atomic mass is 10.2. The lowest BCUT2D eigenvalue weighted by molar-refractivity contribution is -0.126. The first-order chi connectivity index (χ1) is 14.3. The molecule has 2 aromatic rings. The molecule has 0 bridgehead atoms. The summed E-state index contributed by atoms with van der Waals surface area (Å²) < 4.78 is 10.6. The van der Waals surface area contributed by atoms with Crippen LogP contribution in [-0.2, 0) is 9.59 Å². The fourth-order valence-electron chi connectivity index (χ4n) is 2.21. The summed E-state index contributed by atoms with van der Waals surface area (Å²) in [6, 6.07) is 7.74. The monoisotopic (exact) mass is 467 g/mol. The third-order valence-corrected chi connectivity index (χ3v) is 4.50. The highest BCUT2D eigenvalue weighted by atomic mass is 35.5. The van der Waals surface area contributed by atoms with Gasteiger partial charge in [-0.25, -0.2) is 5.43 Å². The van der Waals surface area contributed by atoms with Gasteiger partial charge in [-0.05, 0) is 35.9 Å². The highest BCUT2D eigenvalue weighted by Crippen LogP contribution is 2.36. The van der Waals surface area contributed by atoms with Crippen molar-refractivity contribution in [1.82, 2.24) is 5.43 Å². The molecule has 0 aromatic heterocycles. The van der Waals surface area contributed by atoms with E-state index in [2.05, 4.69) is 21.8 Å². The van der Waals surface area contributed by atoms with E-state index < -0.39 is 18.2 Å².